The molecule has 0 aromatic carbocycles. The molecule has 1 aromatic heterocycles. The first kappa shape index (κ1) is 13.1. The van der Waals surface area contributed by atoms with Crippen molar-refractivity contribution in [2.45, 2.75) is 31.9 Å². The molecule has 18 heavy (non-hydrogen) atoms. The highest BCUT2D eigenvalue weighted by Gasteiger charge is 2.36. The molecule has 2 rings (SSSR count). The van der Waals surface area contributed by atoms with Crippen molar-refractivity contribution < 1.29 is 13.2 Å². The molecule has 1 aliphatic rings. The third-order valence-electron chi connectivity index (χ3n) is 3.16. The van der Waals surface area contributed by atoms with Crippen LogP contribution in [0.2, 0.25) is 0 Å². The molecule has 2 N–H and O–H groups in total. The molecule has 7 heteroatoms. The summed E-state index contributed by atoms with van der Waals surface area (Å²) in [5.41, 5.74) is -2.15. The zero-order valence-corrected chi connectivity index (χ0v) is 9.90. The highest BCUT2D eigenvalue weighted by molar-refractivity contribution is 5.20. The maximum Gasteiger partial charge on any atom is 0.433 e. The van der Waals surface area contributed by atoms with Gasteiger partial charge in [-0.05, 0) is 32.9 Å². The summed E-state index contributed by atoms with van der Waals surface area (Å²) in [6.07, 6.45) is -3.22. The van der Waals surface area contributed by atoms with Crippen LogP contribution in [0.5, 0.6) is 0 Å². The van der Waals surface area contributed by atoms with Crippen molar-refractivity contribution >= 4 is 0 Å². The Labute approximate surface area is 102 Å². The molecule has 0 amide bonds. The van der Waals surface area contributed by atoms with Gasteiger partial charge in [-0.1, -0.05) is 0 Å². The van der Waals surface area contributed by atoms with Crippen LogP contribution in [-0.4, -0.2) is 23.1 Å². The van der Waals surface area contributed by atoms with Crippen molar-refractivity contribution in [2.75, 3.05) is 13.1 Å². The summed E-state index contributed by atoms with van der Waals surface area (Å²) >= 11 is 0. The highest BCUT2D eigenvalue weighted by Crippen LogP contribution is 2.30. The second kappa shape index (κ2) is 4.72. The number of nitrogens with one attached hydrogen (secondary N) is 2. The normalized spacial score (nSPS) is 18.0. The lowest BCUT2D eigenvalue weighted by atomic mass is 9.97. The van der Waals surface area contributed by atoms with E-state index in [9.17, 15) is 18.0 Å². The zero-order chi connectivity index (χ0) is 13.3. The summed E-state index contributed by atoms with van der Waals surface area (Å²) in [6, 6.07) is 0. The molecule has 0 spiro atoms. The Morgan fingerprint density at radius 1 is 1.28 bits per heavy atom. The molecule has 0 radical (unpaired) electrons. The lowest BCUT2D eigenvalue weighted by Crippen LogP contribution is -2.30. The number of aromatic nitrogens is 2. The Morgan fingerprint density at radius 2 is 1.89 bits per heavy atom. The minimum absolute atomic E-state index is 0.111. The minimum atomic E-state index is -4.58. The third-order valence-corrected chi connectivity index (χ3v) is 3.16. The maximum atomic E-state index is 12.7. The van der Waals surface area contributed by atoms with Gasteiger partial charge in [0.1, 0.15) is 5.82 Å². The average molecular weight is 261 g/mol. The van der Waals surface area contributed by atoms with Crippen LogP contribution in [0.15, 0.2) is 4.79 Å². The maximum absolute atomic E-state index is 12.7. The van der Waals surface area contributed by atoms with Gasteiger partial charge in [0, 0.05) is 11.5 Å². The molecule has 1 aromatic rings. The first-order chi connectivity index (χ1) is 8.39. The van der Waals surface area contributed by atoms with Crippen LogP contribution >= 0.6 is 0 Å². The van der Waals surface area contributed by atoms with Gasteiger partial charge < -0.3 is 10.3 Å². The van der Waals surface area contributed by atoms with Crippen molar-refractivity contribution in [3.05, 3.63) is 27.4 Å². The molecule has 0 atom stereocenters. The number of piperidine rings is 1. The smallest absolute Gasteiger partial charge is 0.317 e. The van der Waals surface area contributed by atoms with E-state index in [1.165, 1.54) is 0 Å². The summed E-state index contributed by atoms with van der Waals surface area (Å²) < 4.78 is 38.2. The number of halogens is 3. The Bertz CT molecular complexity index is 489. The molecular weight excluding hydrogens is 247 g/mol. The Kier molecular flexibility index (Phi) is 3.43. The van der Waals surface area contributed by atoms with Crippen LogP contribution in [0, 0.1) is 6.92 Å². The van der Waals surface area contributed by atoms with Crippen molar-refractivity contribution in [1.29, 1.82) is 0 Å². The Hall–Kier alpha value is -1.37. The zero-order valence-electron chi connectivity index (χ0n) is 9.90. The van der Waals surface area contributed by atoms with E-state index < -0.39 is 17.4 Å². The average Bonchev–Trinajstić information content (AvgIpc) is 2.32. The number of aromatic amines is 1. The van der Waals surface area contributed by atoms with Gasteiger partial charge in [-0.2, -0.15) is 13.2 Å². The van der Waals surface area contributed by atoms with Crippen molar-refractivity contribution in [3.8, 4) is 0 Å². The molecule has 0 saturated carbocycles. The lowest BCUT2D eigenvalue weighted by molar-refractivity contribution is -0.142. The third kappa shape index (κ3) is 2.55. The van der Waals surface area contributed by atoms with E-state index >= 15 is 0 Å². The second-order valence-corrected chi connectivity index (χ2v) is 4.45. The van der Waals surface area contributed by atoms with Crippen molar-refractivity contribution in [3.63, 3.8) is 0 Å². The van der Waals surface area contributed by atoms with E-state index in [0.29, 0.717) is 12.8 Å². The van der Waals surface area contributed by atoms with E-state index in [4.69, 9.17) is 0 Å². The van der Waals surface area contributed by atoms with Crippen LogP contribution in [0.25, 0.3) is 0 Å². The van der Waals surface area contributed by atoms with E-state index in [1.54, 1.807) is 0 Å². The van der Waals surface area contributed by atoms with Crippen molar-refractivity contribution in [2.24, 2.45) is 0 Å². The van der Waals surface area contributed by atoms with Gasteiger partial charge in [0.05, 0.1) is 0 Å². The summed E-state index contributed by atoms with van der Waals surface area (Å²) in [5.74, 6) is 0.0417. The van der Waals surface area contributed by atoms with Gasteiger partial charge in [0.2, 0.25) is 0 Å². The second-order valence-electron chi connectivity index (χ2n) is 4.45. The Balaban J connectivity index is 2.44. The van der Waals surface area contributed by atoms with Crippen LogP contribution in [0.1, 0.15) is 35.8 Å². The molecule has 0 bridgehead atoms. The van der Waals surface area contributed by atoms with E-state index in [1.807, 2.05) is 0 Å². The summed E-state index contributed by atoms with van der Waals surface area (Å²) in [5, 5.41) is 3.11. The molecule has 1 saturated heterocycles. The molecule has 100 valence electrons. The van der Waals surface area contributed by atoms with Crippen LogP contribution < -0.4 is 10.9 Å². The molecule has 4 nitrogen and oxygen atoms in total. The monoisotopic (exact) mass is 261 g/mol. The van der Waals surface area contributed by atoms with Crippen LogP contribution in [-0.2, 0) is 6.18 Å². The molecule has 0 aliphatic carbocycles. The first-order valence-electron chi connectivity index (χ1n) is 5.78. The summed E-state index contributed by atoms with van der Waals surface area (Å²) in [6.45, 7) is 2.59. The minimum Gasteiger partial charge on any atom is -0.317 e. The van der Waals surface area contributed by atoms with Crippen LogP contribution in [0.4, 0.5) is 13.2 Å². The number of H-pyrrole nitrogens is 1. The number of hydrogen-bond donors (Lipinski definition) is 2. The van der Waals surface area contributed by atoms with Crippen molar-refractivity contribution in [1.82, 2.24) is 15.3 Å². The fourth-order valence-electron chi connectivity index (χ4n) is 2.11. The largest absolute Gasteiger partial charge is 0.433 e. The van der Waals surface area contributed by atoms with Gasteiger partial charge in [-0.15, -0.1) is 0 Å². The molecule has 2 heterocycles. The van der Waals surface area contributed by atoms with E-state index in [-0.39, 0.29) is 17.3 Å². The fraction of sp³-hybridized carbons (Fsp3) is 0.636. The molecule has 1 aliphatic heterocycles. The first-order valence-corrected chi connectivity index (χ1v) is 5.78. The number of hydrogen-bond acceptors (Lipinski definition) is 3. The molecule has 1 fully saturated rings. The molecular formula is C11H14F3N3O. The van der Waals surface area contributed by atoms with Gasteiger partial charge in [0.25, 0.3) is 5.56 Å². The van der Waals surface area contributed by atoms with E-state index in [0.717, 1.165) is 20.0 Å². The van der Waals surface area contributed by atoms with Gasteiger partial charge in [-0.3, -0.25) is 4.79 Å². The quantitative estimate of drug-likeness (QED) is 0.806. The number of nitrogens with zero attached hydrogens (tertiary/aromatic N) is 1. The standard InChI is InChI=1S/C11H14F3N3O/c1-6-8(11(12,13)14)16-9(17-10(6)18)7-2-4-15-5-3-7/h7,15H,2-5H2,1H3,(H,16,17,18). The van der Waals surface area contributed by atoms with Gasteiger partial charge in [0.15, 0.2) is 5.69 Å². The molecule has 0 unspecified atom stereocenters. The predicted molar refractivity (Wildman–Crippen MR) is 59.4 cm³/mol. The topological polar surface area (TPSA) is 57.8 Å². The Morgan fingerprint density at radius 3 is 2.44 bits per heavy atom. The predicted octanol–water partition coefficient (Wildman–Crippen LogP) is 1.56. The fourth-order valence-corrected chi connectivity index (χ4v) is 2.11. The van der Waals surface area contributed by atoms with E-state index in [2.05, 4.69) is 15.3 Å². The lowest BCUT2D eigenvalue weighted by Gasteiger charge is -2.22. The number of rotatable bonds is 1. The van der Waals surface area contributed by atoms with Gasteiger partial charge >= 0.3 is 6.18 Å². The highest BCUT2D eigenvalue weighted by atomic mass is 19.4. The SMILES string of the molecule is Cc1c(C(F)(F)F)nc(C2CCNCC2)[nH]c1=O. The summed E-state index contributed by atoms with van der Waals surface area (Å²) in [7, 11) is 0. The van der Waals surface area contributed by atoms with Gasteiger partial charge in [-0.25, -0.2) is 4.98 Å². The number of alkyl halides is 3. The van der Waals surface area contributed by atoms with Crippen LogP contribution in [0.3, 0.4) is 0 Å². The summed E-state index contributed by atoms with van der Waals surface area (Å²) in [4.78, 5) is 17.6.